The van der Waals surface area contributed by atoms with Crippen LogP contribution in [0.1, 0.15) is 0 Å². The molecule has 1 heterocycles. The lowest BCUT2D eigenvalue weighted by molar-refractivity contribution is 0.425. The monoisotopic (exact) mass is 220 g/mol. The highest BCUT2D eigenvalue weighted by atomic mass is 35.5. The van der Waals surface area contributed by atoms with Crippen molar-refractivity contribution in [1.29, 1.82) is 0 Å². The molecule has 0 bridgehead atoms. The Labute approximate surface area is 78.3 Å². The first kappa shape index (κ1) is 8.23. The van der Waals surface area contributed by atoms with Gasteiger partial charge in [0.05, 0.1) is 4.24 Å². The molecule has 1 rings (SSSR count). The second kappa shape index (κ2) is 3.02. The van der Waals surface area contributed by atoms with E-state index in [2.05, 4.69) is 25.4 Å². The molecule has 0 atom stereocenters. The van der Waals surface area contributed by atoms with E-state index in [1.165, 1.54) is 15.8 Å². The molecule has 2 nitrogen and oxygen atoms in total. The first-order valence-electron chi connectivity index (χ1n) is 1.84. The Hall–Kier alpha value is 1.13. The minimum atomic E-state index is 0.375. The van der Waals surface area contributed by atoms with Gasteiger partial charge in [-0.15, -0.1) is 12.6 Å². The molecule has 0 unspecified atom stereocenters. The topological polar surface area (TPSA) is 6.48 Å². The third kappa shape index (κ3) is 1.58. The molecule has 0 saturated heterocycles. The van der Waals surface area contributed by atoms with E-state index in [0.29, 0.717) is 9.39 Å². The lowest BCUT2D eigenvalue weighted by Gasteiger charge is -2.12. The van der Waals surface area contributed by atoms with Crippen LogP contribution in [-0.2, 0) is 0 Å². The van der Waals surface area contributed by atoms with E-state index in [4.69, 9.17) is 23.4 Å². The molecular weight excluding hydrogens is 219 g/mol. The van der Waals surface area contributed by atoms with Crippen molar-refractivity contribution in [3.05, 3.63) is 9.39 Å². The number of hydrogen-bond donors (Lipinski definition) is 2. The van der Waals surface area contributed by atoms with Crippen LogP contribution in [0.2, 0.25) is 0 Å². The van der Waals surface area contributed by atoms with Gasteiger partial charge in [0, 0.05) is 23.7 Å². The van der Waals surface area contributed by atoms with E-state index in [9.17, 15) is 0 Å². The molecular formula is C2H2Cl2N2S3. The molecule has 0 spiro atoms. The minimum Gasteiger partial charge on any atom is -0.181 e. The first-order valence-corrected chi connectivity index (χ1v) is 4.18. The van der Waals surface area contributed by atoms with Gasteiger partial charge in [-0.05, 0) is 0 Å². The van der Waals surface area contributed by atoms with Crippen LogP contribution in [0.15, 0.2) is 9.39 Å². The van der Waals surface area contributed by atoms with Crippen LogP contribution < -0.4 is 0 Å². The Kier molecular flexibility index (Phi) is 2.76. The highest BCUT2D eigenvalue weighted by Gasteiger charge is 2.24. The lowest BCUT2D eigenvalue weighted by Crippen LogP contribution is -2.12. The Bertz CT molecular complexity index is 160. The molecule has 7 heteroatoms. The molecule has 0 aliphatic carbocycles. The van der Waals surface area contributed by atoms with E-state index in [1.54, 1.807) is 0 Å². The van der Waals surface area contributed by atoms with Crippen molar-refractivity contribution < 1.29 is 0 Å². The fourth-order valence-corrected chi connectivity index (χ4v) is 2.19. The third-order valence-electron chi connectivity index (χ3n) is 0.657. The van der Waals surface area contributed by atoms with Crippen LogP contribution >= 0.6 is 60.8 Å². The molecule has 0 saturated carbocycles. The van der Waals surface area contributed by atoms with Crippen LogP contribution in [0.4, 0.5) is 0 Å². The van der Waals surface area contributed by atoms with Gasteiger partial charge in [-0.25, -0.2) is 0 Å². The Morgan fingerprint density at radius 2 is 2.11 bits per heavy atom. The quantitative estimate of drug-likeness (QED) is 0.281. The Morgan fingerprint density at radius 3 is 2.22 bits per heavy atom. The zero-order valence-electron chi connectivity index (χ0n) is 3.95. The smallest absolute Gasteiger partial charge is 0.159 e. The van der Waals surface area contributed by atoms with Gasteiger partial charge < -0.3 is 0 Å². The molecule has 0 aromatic carbocycles. The summed E-state index contributed by atoms with van der Waals surface area (Å²) in [5, 5.41) is 0.375. The largest absolute Gasteiger partial charge is 0.181 e. The van der Waals surface area contributed by atoms with Crippen LogP contribution in [-0.4, -0.2) is 8.35 Å². The number of thiol groups is 2. The predicted octanol–water partition coefficient (Wildman–Crippen LogP) is 2.46. The van der Waals surface area contributed by atoms with Gasteiger partial charge in [0.25, 0.3) is 0 Å². The van der Waals surface area contributed by atoms with Gasteiger partial charge in [-0.1, -0.05) is 28.2 Å². The molecule has 0 aromatic heterocycles. The normalized spacial score (nSPS) is 22.0. The fraction of sp³-hybridized carbons (Fsp3) is 0. The van der Waals surface area contributed by atoms with Crippen molar-refractivity contribution in [3.63, 3.8) is 0 Å². The standard InChI is InChI=1S/C2H2Cl2N2S3/c3-1-2(7)9-6(8)5(1)4/h7-8H. The summed E-state index contributed by atoms with van der Waals surface area (Å²) < 4.78 is 3.17. The SMILES string of the molecule is SC1=C(Cl)N(Cl)N(S)S1. The van der Waals surface area contributed by atoms with E-state index >= 15 is 0 Å². The van der Waals surface area contributed by atoms with E-state index < -0.39 is 0 Å². The molecule has 0 fully saturated rings. The average molecular weight is 221 g/mol. The van der Waals surface area contributed by atoms with Crippen molar-refractivity contribution in [2.24, 2.45) is 0 Å². The maximum Gasteiger partial charge on any atom is 0.159 e. The molecule has 0 aromatic rings. The summed E-state index contributed by atoms with van der Waals surface area (Å²) in [6, 6.07) is 0. The van der Waals surface area contributed by atoms with E-state index in [0.717, 1.165) is 4.53 Å². The number of hydrogen-bond acceptors (Lipinski definition) is 5. The molecule has 0 radical (unpaired) electrons. The zero-order valence-corrected chi connectivity index (χ0v) is 8.07. The summed E-state index contributed by atoms with van der Waals surface area (Å²) in [5.41, 5.74) is 0. The predicted molar refractivity (Wildman–Crippen MR) is 48.0 cm³/mol. The average Bonchev–Trinajstić information content (AvgIpc) is 1.98. The van der Waals surface area contributed by atoms with Crippen LogP contribution in [0.3, 0.4) is 0 Å². The fourth-order valence-electron chi connectivity index (χ4n) is 0.305. The van der Waals surface area contributed by atoms with Crippen molar-refractivity contribution in [2.75, 3.05) is 0 Å². The summed E-state index contributed by atoms with van der Waals surface area (Å²) in [7, 11) is 0. The van der Waals surface area contributed by atoms with Gasteiger partial charge in [0.2, 0.25) is 0 Å². The van der Waals surface area contributed by atoms with Crippen molar-refractivity contribution in [1.82, 2.24) is 8.35 Å². The van der Waals surface area contributed by atoms with Crippen LogP contribution in [0, 0.1) is 0 Å². The maximum absolute atomic E-state index is 5.59. The molecule has 0 N–H and O–H groups in total. The zero-order chi connectivity index (χ0) is 7.02. The highest BCUT2D eigenvalue weighted by molar-refractivity contribution is 8.18. The van der Waals surface area contributed by atoms with Crippen molar-refractivity contribution in [2.45, 2.75) is 0 Å². The molecule has 1 aliphatic heterocycles. The molecule has 1 aliphatic rings. The minimum absolute atomic E-state index is 0.375. The molecule has 9 heavy (non-hydrogen) atoms. The summed E-state index contributed by atoms with van der Waals surface area (Å²) >= 11 is 20.3. The van der Waals surface area contributed by atoms with Gasteiger partial charge >= 0.3 is 0 Å². The Morgan fingerprint density at radius 1 is 1.56 bits per heavy atom. The number of nitrogens with zero attached hydrogens (tertiary/aromatic N) is 2. The first-order chi connectivity index (χ1) is 4.13. The van der Waals surface area contributed by atoms with Gasteiger partial charge in [0.15, 0.2) is 5.16 Å². The highest BCUT2D eigenvalue weighted by Crippen LogP contribution is 2.42. The van der Waals surface area contributed by atoms with Gasteiger partial charge in [-0.3, -0.25) is 0 Å². The van der Waals surface area contributed by atoms with Crippen LogP contribution in [0.5, 0.6) is 0 Å². The second-order valence-electron chi connectivity index (χ2n) is 1.20. The molecule has 0 amide bonds. The summed E-state index contributed by atoms with van der Waals surface area (Å²) in [6.07, 6.45) is 0. The van der Waals surface area contributed by atoms with Gasteiger partial charge in [-0.2, -0.15) is 4.53 Å². The summed E-state index contributed by atoms with van der Waals surface area (Å²) in [4.78, 5) is 0. The van der Waals surface area contributed by atoms with Crippen molar-refractivity contribution in [3.8, 4) is 0 Å². The third-order valence-corrected chi connectivity index (χ3v) is 3.42. The summed E-state index contributed by atoms with van der Waals surface area (Å²) in [5.74, 6) is 0. The summed E-state index contributed by atoms with van der Waals surface area (Å²) in [6.45, 7) is 0. The van der Waals surface area contributed by atoms with Crippen molar-refractivity contribution >= 4 is 60.8 Å². The maximum atomic E-state index is 5.59. The number of halogens is 2. The van der Waals surface area contributed by atoms with Gasteiger partial charge in [0.1, 0.15) is 0 Å². The second-order valence-corrected chi connectivity index (χ2v) is 4.21. The Balaban J connectivity index is 2.74. The number of rotatable bonds is 0. The van der Waals surface area contributed by atoms with E-state index in [-0.39, 0.29) is 0 Å². The van der Waals surface area contributed by atoms with Crippen LogP contribution in [0.25, 0.3) is 0 Å². The number of hydrazine groups is 1. The van der Waals surface area contributed by atoms with E-state index in [1.807, 2.05) is 0 Å². The lowest BCUT2D eigenvalue weighted by atomic mass is 11.0. The molecule has 52 valence electrons.